The summed E-state index contributed by atoms with van der Waals surface area (Å²) in [6, 6.07) is -0.232. The fraction of sp³-hybridized carbons (Fsp3) is 0.909. The molecule has 2 aliphatic heterocycles. The van der Waals surface area contributed by atoms with Gasteiger partial charge in [-0.25, -0.2) is 0 Å². The predicted molar refractivity (Wildman–Crippen MR) is 105 cm³/mol. The number of carbonyl (C=O) groups excluding carboxylic acids is 2. The lowest BCUT2D eigenvalue weighted by atomic mass is 9.49. The van der Waals surface area contributed by atoms with E-state index in [4.69, 9.17) is 5.11 Å². The Hall–Kier alpha value is -1.14. The zero-order chi connectivity index (χ0) is 19.3. The van der Waals surface area contributed by atoms with Gasteiger partial charge in [-0.1, -0.05) is 0 Å². The van der Waals surface area contributed by atoms with Gasteiger partial charge in [0.2, 0.25) is 11.8 Å². The molecule has 6 nitrogen and oxygen atoms in total. The zero-order valence-corrected chi connectivity index (χ0v) is 17.0. The lowest BCUT2D eigenvalue weighted by Crippen LogP contribution is -2.59. The summed E-state index contributed by atoms with van der Waals surface area (Å²) in [7, 11) is 0. The van der Waals surface area contributed by atoms with Crippen LogP contribution in [-0.4, -0.2) is 83.5 Å². The molecule has 2 saturated heterocycles. The Labute approximate surface area is 168 Å². The van der Waals surface area contributed by atoms with Crippen molar-refractivity contribution in [2.45, 2.75) is 57.4 Å². The number of β-amino-alcohol motifs (C(OH)–C–C–N with tert-alkyl or cyclic N) is 1. The Balaban J connectivity index is 1.27. The van der Waals surface area contributed by atoms with Gasteiger partial charge < -0.3 is 14.9 Å². The van der Waals surface area contributed by atoms with E-state index in [0.717, 1.165) is 69.5 Å². The van der Waals surface area contributed by atoms with E-state index in [1.807, 2.05) is 9.80 Å². The van der Waals surface area contributed by atoms with Crippen molar-refractivity contribution in [1.29, 1.82) is 0 Å². The van der Waals surface area contributed by atoms with E-state index in [1.165, 1.54) is 19.3 Å². The van der Waals surface area contributed by atoms with E-state index in [0.29, 0.717) is 25.5 Å². The molecule has 0 aromatic carbocycles. The minimum Gasteiger partial charge on any atom is -0.395 e. The van der Waals surface area contributed by atoms with Crippen molar-refractivity contribution in [3.05, 3.63) is 0 Å². The summed E-state index contributed by atoms with van der Waals surface area (Å²) in [6.45, 7) is 4.70. The summed E-state index contributed by atoms with van der Waals surface area (Å²) in [4.78, 5) is 33.2. The third-order valence-corrected chi connectivity index (χ3v) is 8.39. The maximum Gasteiger partial charge on any atom is 0.245 e. The summed E-state index contributed by atoms with van der Waals surface area (Å²) in [5.74, 6) is 2.75. The number of hydrogen-bond donors (Lipinski definition) is 1. The molecule has 0 aromatic heterocycles. The Kier molecular flexibility index (Phi) is 4.90. The predicted octanol–water partition coefficient (Wildman–Crippen LogP) is 1.33. The van der Waals surface area contributed by atoms with Crippen molar-refractivity contribution >= 4 is 11.8 Å². The standard InChI is InChI=1S/C22H35N3O3/c26-9-8-23-4-6-24(7-5-23)20(27)19-2-1-3-25(19)21(28)22-13-16-10-17(14-22)12-18(11-16)15-22/h16-19,26H,1-15H2. The first-order valence-corrected chi connectivity index (χ1v) is 11.5. The number of likely N-dealkylation sites (tertiary alicyclic amines) is 1. The van der Waals surface area contributed by atoms with Crippen LogP contribution in [-0.2, 0) is 9.59 Å². The second-order valence-electron chi connectivity index (χ2n) is 10.2. The number of aliphatic hydroxyl groups excluding tert-OH is 1. The van der Waals surface area contributed by atoms with Gasteiger partial charge in [-0.05, 0) is 69.1 Å². The van der Waals surface area contributed by atoms with Crippen LogP contribution in [0.25, 0.3) is 0 Å². The number of nitrogens with zero attached hydrogens (tertiary/aromatic N) is 3. The van der Waals surface area contributed by atoms with Crippen molar-refractivity contribution in [1.82, 2.24) is 14.7 Å². The van der Waals surface area contributed by atoms with Crippen molar-refractivity contribution in [3.63, 3.8) is 0 Å². The topological polar surface area (TPSA) is 64.1 Å². The maximum absolute atomic E-state index is 13.8. The van der Waals surface area contributed by atoms with E-state index in [9.17, 15) is 9.59 Å². The molecule has 0 spiro atoms. The van der Waals surface area contributed by atoms with Gasteiger partial charge in [0, 0.05) is 39.3 Å². The lowest BCUT2D eigenvalue weighted by molar-refractivity contribution is -0.162. The highest BCUT2D eigenvalue weighted by Crippen LogP contribution is 2.60. The third-order valence-electron chi connectivity index (χ3n) is 8.39. The largest absolute Gasteiger partial charge is 0.395 e. The minimum atomic E-state index is -0.232. The van der Waals surface area contributed by atoms with Crippen LogP contribution < -0.4 is 0 Å². The first-order valence-electron chi connectivity index (χ1n) is 11.5. The van der Waals surface area contributed by atoms with E-state index in [2.05, 4.69) is 4.90 Å². The lowest BCUT2D eigenvalue weighted by Gasteiger charge is -2.56. The highest BCUT2D eigenvalue weighted by atomic mass is 16.3. The van der Waals surface area contributed by atoms with Crippen molar-refractivity contribution in [2.75, 3.05) is 45.9 Å². The molecule has 0 radical (unpaired) electrons. The number of amides is 2. The Morgan fingerprint density at radius 3 is 2.07 bits per heavy atom. The maximum atomic E-state index is 13.8. The van der Waals surface area contributed by atoms with Crippen LogP contribution in [0.1, 0.15) is 51.4 Å². The molecule has 6 rings (SSSR count). The number of aliphatic hydroxyl groups is 1. The molecular weight excluding hydrogens is 354 g/mol. The molecule has 6 fully saturated rings. The summed E-state index contributed by atoms with van der Waals surface area (Å²) in [6.07, 6.45) is 9.04. The fourth-order valence-electron chi connectivity index (χ4n) is 7.49. The Morgan fingerprint density at radius 1 is 0.893 bits per heavy atom. The van der Waals surface area contributed by atoms with Crippen molar-refractivity contribution < 1.29 is 14.7 Å². The van der Waals surface area contributed by atoms with E-state index < -0.39 is 0 Å². The molecule has 28 heavy (non-hydrogen) atoms. The molecule has 6 heteroatoms. The van der Waals surface area contributed by atoms with E-state index in [-0.39, 0.29) is 24.0 Å². The quantitative estimate of drug-likeness (QED) is 0.788. The molecule has 156 valence electrons. The molecule has 2 heterocycles. The highest BCUT2D eigenvalue weighted by molar-refractivity contribution is 5.91. The summed E-state index contributed by atoms with van der Waals surface area (Å²) in [5, 5.41) is 9.11. The van der Waals surface area contributed by atoms with E-state index in [1.54, 1.807) is 0 Å². The molecule has 1 N–H and O–H groups in total. The van der Waals surface area contributed by atoms with Gasteiger partial charge in [0.1, 0.15) is 6.04 Å². The molecule has 4 aliphatic carbocycles. The van der Waals surface area contributed by atoms with Gasteiger partial charge >= 0.3 is 0 Å². The number of piperazine rings is 1. The summed E-state index contributed by atoms with van der Waals surface area (Å²) < 4.78 is 0. The van der Waals surface area contributed by atoms with Gasteiger partial charge in [0.05, 0.1) is 12.0 Å². The van der Waals surface area contributed by atoms with Crippen LogP contribution in [0.4, 0.5) is 0 Å². The SMILES string of the molecule is O=C(C1CCCN1C(=O)C12CC3CC(CC(C3)C1)C2)N1CCN(CCO)CC1. The van der Waals surface area contributed by atoms with Crippen LogP contribution in [0, 0.1) is 23.2 Å². The molecule has 6 aliphatic rings. The Morgan fingerprint density at radius 2 is 1.50 bits per heavy atom. The van der Waals surface area contributed by atoms with Crippen molar-refractivity contribution in [2.24, 2.45) is 23.2 Å². The Bertz CT molecular complexity index is 593. The van der Waals surface area contributed by atoms with Crippen LogP contribution in [0.2, 0.25) is 0 Å². The first-order chi connectivity index (χ1) is 13.6. The normalized spacial score (nSPS) is 40.3. The van der Waals surface area contributed by atoms with E-state index >= 15 is 0 Å². The molecule has 4 saturated carbocycles. The number of hydrogen-bond acceptors (Lipinski definition) is 4. The zero-order valence-electron chi connectivity index (χ0n) is 17.0. The average Bonchev–Trinajstić information content (AvgIpc) is 3.16. The minimum absolute atomic E-state index is 0.141. The number of carbonyl (C=O) groups is 2. The summed E-state index contributed by atoms with van der Waals surface area (Å²) in [5.41, 5.74) is -0.141. The monoisotopic (exact) mass is 389 g/mol. The van der Waals surface area contributed by atoms with Crippen LogP contribution in [0.3, 0.4) is 0 Å². The summed E-state index contributed by atoms with van der Waals surface area (Å²) >= 11 is 0. The number of rotatable bonds is 4. The van der Waals surface area contributed by atoms with Crippen molar-refractivity contribution in [3.8, 4) is 0 Å². The highest BCUT2D eigenvalue weighted by Gasteiger charge is 2.57. The second-order valence-corrected chi connectivity index (χ2v) is 10.2. The average molecular weight is 390 g/mol. The van der Waals surface area contributed by atoms with Crippen LogP contribution in [0.15, 0.2) is 0 Å². The smallest absolute Gasteiger partial charge is 0.245 e. The van der Waals surface area contributed by atoms with Gasteiger partial charge in [-0.15, -0.1) is 0 Å². The molecule has 2 amide bonds. The molecule has 0 aromatic rings. The van der Waals surface area contributed by atoms with Gasteiger partial charge in [-0.3, -0.25) is 14.5 Å². The van der Waals surface area contributed by atoms with Gasteiger partial charge in [-0.2, -0.15) is 0 Å². The fourth-order valence-corrected chi connectivity index (χ4v) is 7.49. The molecular formula is C22H35N3O3. The third kappa shape index (κ3) is 3.17. The van der Waals surface area contributed by atoms with Crippen LogP contribution >= 0.6 is 0 Å². The second kappa shape index (κ2) is 7.28. The van der Waals surface area contributed by atoms with Crippen LogP contribution in [0.5, 0.6) is 0 Å². The van der Waals surface area contributed by atoms with Gasteiger partial charge in [0.25, 0.3) is 0 Å². The van der Waals surface area contributed by atoms with Gasteiger partial charge in [0.15, 0.2) is 0 Å². The molecule has 1 unspecified atom stereocenters. The molecule has 4 bridgehead atoms. The molecule has 1 atom stereocenters. The first kappa shape index (κ1) is 18.9.